The Morgan fingerprint density at radius 3 is 2.44 bits per heavy atom. The van der Waals surface area contributed by atoms with Crippen molar-refractivity contribution < 1.29 is 4.79 Å². The highest BCUT2D eigenvalue weighted by atomic mass is 35.5. The van der Waals surface area contributed by atoms with E-state index < -0.39 is 0 Å². The van der Waals surface area contributed by atoms with Gasteiger partial charge in [0, 0.05) is 23.0 Å². The summed E-state index contributed by atoms with van der Waals surface area (Å²) in [5.74, 6) is 0.0126. The lowest BCUT2D eigenvalue weighted by atomic mass is 10.1. The maximum absolute atomic E-state index is 11.3. The second-order valence-electron chi connectivity index (χ2n) is 3.69. The third kappa shape index (κ3) is 5.91. The van der Waals surface area contributed by atoms with Crippen molar-refractivity contribution in [1.29, 1.82) is 0 Å². The average Bonchev–Trinajstić information content (AvgIpc) is 2.30. The first kappa shape index (κ1) is 17.5. The number of amides is 1. The Kier molecular flexibility index (Phi) is 9.20. The predicted molar refractivity (Wildman–Crippen MR) is 78.7 cm³/mol. The summed E-state index contributed by atoms with van der Waals surface area (Å²) >= 11 is 12.0. The molecular formula is C12H17Cl3N2O. The molecule has 0 saturated carbocycles. The van der Waals surface area contributed by atoms with Gasteiger partial charge in [-0.25, -0.2) is 0 Å². The summed E-state index contributed by atoms with van der Waals surface area (Å²) in [6.45, 7) is 1.07. The monoisotopic (exact) mass is 310 g/mol. The van der Waals surface area contributed by atoms with Crippen LogP contribution >= 0.6 is 35.6 Å². The van der Waals surface area contributed by atoms with E-state index in [2.05, 4.69) is 5.32 Å². The molecule has 1 aromatic rings. The van der Waals surface area contributed by atoms with Crippen LogP contribution in [0.3, 0.4) is 0 Å². The summed E-state index contributed by atoms with van der Waals surface area (Å²) in [6.07, 6.45) is 1.80. The molecule has 0 spiro atoms. The van der Waals surface area contributed by atoms with Crippen molar-refractivity contribution in [2.75, 3.05) is 13.1 Å². The van der Waals surface area contributed by atoms with Gasteiger partial charge in [0.1, 0.15) is 0 Å². The Morgan fingerprint density at radius 2 is 1.89 bits per heavy atom. The SMILES string of the molecule is Cl.NCCCC(=O)NCCc1c(Cl)cccc1Cl. The second-order valence-corrected chi connectivity index (χ2v) is 4.51. The highest BCUT2D eigenvalue weighted by Crippen LogP contribution is 2.24. The second kappa shape index (κ2) is 9.45. The summed E-state index contributed by atoms with van der Waals surface area (Å²) in [6, 6.07) is 5.38. The summed E-state index contributed by atoms with van der Waals surface area (Å²) < 4.78 is 0. The van der Waals surface area contributed by atoms with Crippen LogP contribution in [-0.2, 0) is 11.2 Å². The van der Waals surface area contributed by atoms with Gasteiger partial charge >= 0.3 is 0 Å². The minimum Gasteiger partial charge on any atom is -0.356 e. The molecule has 0 bridgehead atoms. The van der Waals surface area contributed by atoms with Crippen molar-refractivity contribution in [2.24, 2.45) is 5.73 Å². The number of halogens is 3. The van der Waals surface area contributed by atoms with Crippen molar-refractivity contribution >= 4 is 41.5 Å². The van der Waals surface area contributed by atoms with Gasteiger partial charge in [-0.3, -0.25) is 4.79 Å². The summed E-state index contributed by atoms with van der Waals surface area (Å²) in [4.78, 5) is 11.3. The lowest BCUT2D eigenvalue weighted by Crippen LogP contribution is -2.26. The van der Waals surface area contributed by atoms with Gasteiger partial charge in [-0.05, 0) is 37.1 Å². The summed E-state index contributed by atoms with van der Waals surface area (Å²) in [7, 11) is 0. The fraction of sp³-hybridized carbons (Fsp3) is 0.417. The van der Waals surface area contributed by atoms with Crippen LogP contribution in [0.25, 0.3) is 0 Å². The molecule has 0 heterocycles. The van der Waals surface area contributed by atoms with Crippen LogP contribution in [-0.4, -0.2) is 19.0 Å². The topological polar surface area (TPSA) is 55.1 Å². The van der Waals surface area contributed by atoms with Gasteiger partial charge in [-0.1, -0.05) is 29.3 Å². The first-order valence-electron chi connectivity index (χ1n) is 5.55. The van der Waals surface area contributed by atoms with Crippen molar-refractivity contribution in [2.45, 2.75) is 19.3 Å². The van der Waals surface area contributed by atoms with E-state index in [1.54, 1.807) is 18.2 Å². The molecule has 1 aromatic carbocycles. The van der Waals surface area contributed by atoms with Crippen LogP contribution in [0.2, 0.25) is 10.0 Å². The standard InChI is InChI=1S/C12H16Cl2N2O.ClH/c13-10-3-1-4-11(14)9(10)6-8-16-12(17)5-2-7-15;/h1,3-4H,2,5-8,15H2,(H,16,17);1H. The average molecular weight is 312 g/mol. The van der Waals surface area contributed by atoms with Gasteiger partial charge < -0.3 is 11.1 Å². The molecular weight excluding hydrogens is 295 g/mol. The molecule has 0 aliphatic rings. The molecule has 1 rings (SSSR count). The molecule has 3 nitrogen and oxygen atoms in total. The Hall–Kier alpha value is -0.480. The van der Waals surface area contributed by atoms with E-state index in [0.29, 0.717) is 42.4 Å². The molecule has 1 amide bonds. The van der Waals surface area contributed by atoms with E-state index in [9.17, 15) is 4.79 Å². The van der Waals surface area contributed by atoms with Crippen LogP contribution in [0, 0.1) is 0 Å². The number of nitrogens with one attached hydrogen (secondary N) is 1. The van der Waals surface area contributed by atoms with E-state index in [-0.39, 0.29) is 18.3 Å². The molecule has 0 saturated heterocycles. The van der Waals surface area contributed by atoms with E-state index in [4.69, 9.17) is 28.9 Å². The van der Waals surface area contributed by atoms with Crippen LogP contribution < -0.4 is 11.1 Å². The van der Waals surface area contributed by atoms with Gasteiger partial charge in [0.25, 0.3) is 0 Å². The number of hydrogen-bond acceptors (Lipinski definition) is 2. The van der Waals surface area contributed by atoms with E-state index in [1.807, 2.05) is 0 Å². The fourth-order valence-electron chi connectivity index (χ4n) is 1.45. The minimum atomic E-state index is 0. The zero-order valence-electron chi connectivity index (χ0n) is 9.92. The molecule has 0 aliphatic heterocycles. The highest BCUT2D eigenvalue weighted by molar-refractivity contribution is 6.35. The van der Waals surface area contributed by atoms with Gasteiger partial charge in [-0.15, -0.1) is 12.4 Å². The smallest absolute Gasteiger partial charge is 0.220 e. The number of hydrogen-bond donors (Lipinski definition) is 2. The number of carbonyl (C=O) groups excluding carboxylic acids is 1. The Balaban J connectivity index is 0.00000289. The molecule has 0 radical (unpaired) electrons. The van der Waals surface area contributed by atoms with Crippen LogP contribution in [0.4, 0.5) is 0 Å². The molecule has 18 heavy (non-hydrogen) atoms. The van der Waals surface area contributed by atoms with Gasteiger partial charge in [0.15, 0.2) is 0 Å². The first-order valence-corrected chi connectivity index (χ1v) is 6.30. The number of benzene rings is 1. The maximum atomic E-state index is 11.3. The summed E-state index contributed by atoms with van der Waals surface area (Å²) in [5.41, 5.74) is 6.19. The number of carbonyl (C=O) groups is 1. The predicted octanol–water partition coefficient (Wildman–Crippen LogP) is 2.81. The number of nitrogens with two attached hydrogens (primary N) is 1. The Labute approximate surface area is 123 Å². The van der Waals surface area contributed by atoms with Gasteiger partial charge in [-0.2, -0.15) is 0 Å². The maximum Gasteiger partial charge on any atom is 0.220 e. The first-order chi connectivity index (χ1) is 8.15. The van der Waals surface area contributed by atoms with Crippen molar-refractivity contribution in [1.82, 2.24) is 5.32 Å². The third-order valence-electron chi connectivity index (χ3n) is 2.37. The third-order valence-corrected chi connectivity index (χ3v) is 3.08. The van der Waals surface area contributed by atoms with Gasteiger partial charge in [0.2, 0.25) is 5.91 Å². The molecule has 0 aromatic heterocycles. The minimum absolute atomic E-state index is 0. The van der Waals surface area contributed by atoms with E-state index >= 15 is 0 Å². The van der Waals surface area contributed by atoms with Crippen molar-refractivity contribution in [3.63, 3.8) is 0 Å². The Morgan fingerprint density at radius 1 is 1.28 bits per heavy atom. The van der Waals surface area contributed by atoms with Crippen LogP contribution in [0.5, 0.6) is 0 Å². The highest BCUT2D eigenvalue weighted by Gasteiger charge is 2.06. The molecule has 0 fully saturated rings. The molecule has 3 N–H and O–H groups in total. The molecule has 0 atom stereocenters. The normalized spacial score (nSPS) is 9.72. The van der Waals surface area contributed by atoms with E-state index in [0.717, 1.165) is 5.56 Å². The van der Waals surface area contributed by atoms with Crippen molar-refractivity contribution in [3.8, 4) is 0 Å². The molecule has 0 aliphatic carbocycles. The quantitative estimate of drug-likeness (QED) is 0.849. The zero-order chi connectivity index (χ0) is 12.7. The largest absolute Gasteiger partial charge is 0.356 e. The van der Waals surface area contributed by atoms with Crippen molar-refractivity contribution in [3.05, 3.63) is 33.8 Å². The molecule has 0 unspecified atom stereocenters. The van der Waals surface area contributed by atoms with Crippen LogP contribution in [0.15, 0.2) is 18.2 Å². The zero-order valence-corrected chi connectivity index (χ0v) is 12.2. The lowest BCUT2D eigenvalue weighted by molar-refractivity contribution is -0.121. The molecule has 102 valence electrons. The fourth-order valence-corrected chi connectivity index (χ4v) is 2.04. The number of rotatable bonds is 6. The summed E-state index contributed by atoms with van der Waals surface area (Å²) in [5, 5.41) is 4.07. The van der Waals surface area contributed by atoms with Gasteiger partial charge in [0.05, 0.1) is 0 Å². The van der Waals surface area contributed by atoms with E-state index in [1.165, 1.54) is 0 Å². The Bertz CT molecular complexity index is 365. The van der Waals surface area contributed by atoms with Crippen LogP contribution in [0.1, 0.15) is 18.4 Å². The molecule has 6 heteroatoms. The lowest BCUT2D eigenvalue weighted by Gasteiger charge is -2.08.